The Labute approximate surface area is 98.5 Å². The van der Waals surface area contributed by atoms with Crippen LogP contribution in [0.15, 0.2) is 17.1 Å². The average Bonchev–Trinajstić information content (AvgIpc) is 2.75. The Hall–Kier alpha value is -1.43. The van der Waals surface area contributed by atoms with Gasteiger partial charge in [0, 0.05) is 6.54 Å². The molecule has 0 fully saturated rings. The number of nitrogens with one attached hydrogen (secondary N) is 1. The molecule has 0 spiro atoms. The Morgan fingerprint density at radius 3 is 2.81 bits per heavy atom. The maximum absolute atomic E-state index is 5.20. The minimum Gasteiger partial charge on any atom is -0.451 e. The molecule has 0 aliphatic rings. The number of hydrogen-bond donors (Lipinski definition) is 1. The topological polar surface area (TPSA) is 59.6 Å². The predicted molar refractivity (Wildman–Crippen MR) is 62.4 cm³/mol. The molecule has 1 N–H and O–H groups in total. The van der Waals surface area contributed by atoms with E-state index in [1.165, 1.54) is 6.39 Å². The molecule has 2 heterocycles. The standard InChI is InChI=1S/C10H14N4OS/c1-10(2,3)5-14-8(12-13-9(14)16)7-4-15-6-11-7/h4,6H,5H2,1-3H3,(H,13,16). The summed E-state index contributed by atoms with van der Waals surface area (Å²) in [5.41, 5.74) is 0.817. The predicted octanol–water partition coefficient (Wildman–Crippen LogP) is 2.64. The summed E-state index contributed by atoms with van der Waals surface area (Å²) in [6.45, 7) is 7.22. The molecule has 0 bridgehead atoms. The number of aromatic amines is 1. The first-order valence-corrected chi connectivity index (χ1v) is 5.42. The normalized spacial score (nSPS) is 11.9. The maximum atomic E-state index is 5.20. The highest BCUT2D eigenvalue weighted by Crippen LogP contribution is 2.21. The second-order valence-corrected chi connectivity index (χ2v) is 5.26. The van der Waals surface area contributed by atoms with Crippen LogP contribution in [-0.2, 0) is 6.54 Å². The van der Waals surface area contributed by atoms with Crippen molar-refractivity contribution in [2.24, 2.45) is 5.41 Å². The number of nitrogens with zero attached hydrogens (tertiary/aromatic N) is 3. The summed E-state index contributed by atoms with van der Waals surface area (Å²) < 4.78 is 7.49. The number of H-pyrrole nitrogens is 1. The molecule has 2 aromatic rings. The lowest BCUT2D eigenvalue weighted by Crippen LogP contribution is -2.16. The molecule has 0 radical (unpaired) electrons. The van der Waals surface area contributed by atoms with E-state index in [1.807, 2.05) is 4.57 Å². The van der Waals surface area contributed by atoms with Crippen LogP contribution in [0.3, 0.4) is 0 Å². The lowest BCUT2D eigenvalue weighted by Gasteiger charge is -2.19. The van der Waals surface area contributed by atoms with Crippen molar-refractivity contribution in [3.8, 4) is 11.5 Å². The summed E-state index contributed by atoms with van der Waals surface area (Å²) in [6.07, 6.45) is 2.94. The Balaban J connectivity index is 2.45. The van der Waals surface area contributed by atoms with Gasteiger partial charge in [0.15, 0.2) is 17.0 Å². The minimum absolute atomic E-state index is 0.126. The average molecular weight is 238 g/mol. The molecule has 2 rings (SSSR count). The fourth-order valence-electron chi connectivity index (χ4n) is 1.46. The summed E-state index contributed by atoms with van der Waals surface area (Å²) in [5.74, 6) is 0.716. The molecular formula is C10H14N4OS. The summed E-state index contributed by atoms with van der Waals surface area (Å²) in [5, 5.41) is 6.95. The largest absolute Gasteiger partial charge is 0.451 e. The van der Waals surface area contributed by atoms with E-state index < -0.39 is 0 Å². The Morgan fingerprint density at radius 2 is 2.25 bits per heavy atom. The first-order chi connectivity index (χ1) is 7.47. The summed E-state index contributed by atoms with van der Waals surface area (Å²) in [7, 11) is 0. The van der Waals surface area contributed by atoms with E-state index in [0.29, 0.717) is 16.3 Å². The van der Waals surface area contributed by atoms with Crippen LogP contribution in [0.4, 0.5) is 0 Å². The van der Waals surface area contributed by atoms with E-state index in [9.17, 15) is 0 Å². The smallest absolute Gasteiger partial charge is 0.195 e. The van der Waals surface area contributed by atoms with Crippen LogP contribution in [0.25, 0.3) is 11.5 Å². The Morgan fingerprint density at radius 1 is 1.50 bits per heavy atom. The minimum atomic E-state index is 0.126. The number of rotatable bonds is 2. The molecule has 6 heteroatoms. The van der Waals surface area contributed by atoms with Crippen LogP contribution in [0.2, 0.25) is 0 Å². The van der Waals surface area contributed by atoms with Crippen LogP contribution in [0, 0.1) is 10.2 Å². The fraction of sp³-hybridized carbons (Fsp3) is 0.500. The van der Waals surface area contributed by atoms with E-state index >= 15 is 0 Å². The molecule has 0 atom stereocenters. The van der Waals surface area contributed by atoms with Crippen molar-refractivity contribution in [1.82, 2.24) is 19.7 Å². The van der Waals surface area contributed by atoms with E-state index in [2.05, 4.69) is 36.0 Å². The molecule has 0 saturated carbocycles. The van der Waals surface area contributed by atoms with E-state index in [-0.39, 0.29) is 5.41 Å². The van der Waals surface area contributed by atoms with Gasteiger partial charge in [-0.3, -0.25) is 9.67 Å². The SMILES string of the molecule is CC(C)(C)Cn1c(-c2cocn2)n[nH]c1=S. The van der Waals surface area contributed by atoms with Crippen LogP contribution in [-0.4, -0.2) is 19.7 Å². The number of oxazole rings is 1. The quantitative estimate of drug-likeness (QED) is 0.817. The molecule has 0 aliphatic carbocycles. The van der Waals surface area contributed by atoms with Gasteiger partial charge in [0.05, 0.1) is 0 Å². The molecule has 0 saturated heterocycles. The second-order valence-electron chi connectivity index (χ2n) is 4.87. The van der Waals surface area contributed by atoms with Crippen molar-refractivity contribution in [2.75, 3.05) is 0 Å². The fourth-order valence-corrected chi connectivity index (χ4v) is 1.65. The van der Waals surface area contributed by atoms with Gasteiger partial charge in [-0.1, -0.05) is 20.8 Å². The van der Waals surface area contributed by atoms with Gasteiger partial charge >= 0.3 is 0 Å². The van der Waals surface area contributed by atoms with Gasteiger partial charge in [-0.15, -0.1) is 0 Å². The highest BCUT2D eigenvalue weighted by Gasteiger charge is 2.17. The van der Waals surface area contributed by atoms with Crippen molar-refractivity contribution in [3.63, 3.8) is 0 Å². The van der Waals surface area contributed by atoms with Crippen LogP contribution >= 0.6 is 12.2 Å². The summed E-state index contributed by atoms with van der Waals surface area (Å²) >= 11 is 5.20. The number of hydrogen-bond acceptors (Lipinski definition) is 4. The second kappa shape index (κ2) is 3.86. The van der Waals surface area contributed by atoms with Gasteiger partial charge in [0.25, 0.3) is 0 Å². The molecule has 0 unspecified atom stereocenters. The molecular weight excluding hydrogens is 224 g/mol. The van der Waals surface area contributed by atoms with Gasteiger partial charge in [0.1, 0.15) is 12.0 Å². The third kappa shape index (κ3) is 2.21. The molecule has 0 aromatic carbocycles. The molecule has 86 valence electrons. The van der Waals surface area contributed by atoms with E-state index in [4.69, 9.17) is 16.6 Å². The zero-order valence-electron chi connectivity index (χ0n) is 9.52. The maximum Gasteiger partial charge on any atom is 0.195 e. The third-order valence-corrected chi connectivity index (χ3v) is 2.36. The van der Waals surface area contributed by atoms with Crippen molar-refractivity contribution >= 4 is 12.2 Å². The molecule has 0 amide bonds. The Kier molecular flexibility index (Phi) is 2.67. The monoisotopic (exact) mass is 238 g/mol. The van der Waals surface area contributed by atoms with Gasteiger partial charge in [-0.2, -0.15) is 5.10 Å². The van der Waals surface area contributed by atoms with Crippen molar-refractivity contribution in [3.05, 3.63) is 17.4 Å². The van der Waals surface area contributed by atoms with Gasteiger partial charge in [-0.25, -0.2) is 4.98 Å². The highest BCUT2D eigenvalue weighted by atomic mass is 32.1. The van der Waals surface area contributed by atoms with Gasteiger partial charge < -0.3 is 4.42 Å². The van der Waals surface area contributed by atoms with Crippen LogP contribution in [0.1, 0.15) is 20.8 Å². The summed E-state index contributed by atoms with van der Waals surface area (Å²) in [6, 6.07) is 0. The molecule has 0 aliphatic heterocycles. The molecule has 5 nitrogen and oxygen atoms in total. The Bertz CT molecular complexity index is 518. The van der Waals surface area contributed by atoms with Gasteiger partial charge in [-0.05, 0) is 17.6 Å². The van der Waals surface area contributed by atoms with Crippen molar-refractivity contribution in [2.45, 2.75) is 27.3 Å². The van der Waals surface area contributed by atoms with E-state index in [1.54, 1.807) is 6.26 Å². The lowest BCUT2D eigenvalue weighted by atomic mass is 9.97. The molecule has 2 aromatic heterocycles. The van der Waals surface area contributed by atoms with Gasteiger partial charge in [0.2, 0.25) is 0 Å². The lowest BCUT2D eigenvalue weighted by molar-refractivity contribution is 0.343. The van der Waals surface area contributed by atoms with Crippen molar-refractivity contribution < 1.29 is 4.42 Å². The first-order valence-electron chi connectivity index (χ1n) is 5.01. The van der Waals surface area contributed by atoms with Crippen LogP contribution in [0.5, 0.6) is 0 Å². The number of aromatic nitrogens is 4. The van der Waals surface area contributed by atoms with Crippen LogP contribution < -0.4 is 0 Å². The van der Waals surface area contributed by atoms with E-state index in [0.717, 1.165) is 6.54 Å². The summed E-state index contributed by atoms with van der Waals surface area (Å²) in [4.78, 5) is 4.07. The first kappa shape index (κ1) is 11.1. The zero-order chi connectivity index (χ0) is 11.8. The highest BCUT2D eigenvalue weighted by molar-refractivity contribution is 7.71. The third-order valence-electron chi connectivity index (χ3n) is 2.05. The molecule has 16 heavy (non-hydrogen) atoms. The zero-order valence-corrected chi connectivity index (χ0v) is 10.3. The van der Waals surface area contributed by atoms with Crippen molar-refractivity contribution in [1.29, 1.82) is 0 Å².